The number of rotatable bonds is 2. The fourth-order valence-corrected chi connectivity index (χ4v) is 1.63. The van der Waals surface area contributed by atoms with Crippen LogP contribution in [0.5, 0.6) is 11.6 Å². The molecule has 0 bridgehead atoms. The maximum Gasteiger partial charge on any atom is 0.435 e. The Morgan fingerprint density at radius 1 is 1.11 bits per heavy atom. The molecule has 0 atom stereocenters. The van der Waals surface area contributed by atoms with E-state index in [4.69, 9.17) is 10.5 Å². The molecule has 0 fully saturated rings. The van der Waals surface area contributed by atoms with Crippen molar-refractivity contribution < 1.29 is 17.9 Å². The van der Waals surface area contributed by atoms with Crippen LogP contribution in [0.3, 0.4) is 0 Å². The fourth-order valence-electron chi connectivity index (χ4n) is 1.25. The second kappa shape index (κ2) is 5.04. The first-order valence-corrected chi connectivity index (χ1v) is 5.79. The molecular weight excluding hydrogens is 327 g/mol. The van der Waals surface area contributed by atoms with Gasteiger partial charge in [-0.2, -0.15) is 13.2 Å². The minimum atomic E-state index is -4.53. The summed E-state index contributed by atoms with van der Waals surface area (Å²) >= 11 is 3.22. The maximum absolute atomic E-state index is 12.3. The van der Waals surface area contributed by atoms with E-state index in [2.05, 4.69) is 26.1 Å². The molecule has 4 nitrogen and oxygen atoms in total. The lowest BCUT2D eigenvalue weighted by molar-refractivity contribution is -0.141. The van der Waals surface area contributed by atoms with Crippen LogP contribution < -0.4 is 10.5 Å². The molecule has 0 unspecified atom stereocenters. The minimum absolute atomic E-state index is 0.0676. The van der Waals surface area contributed by atoms with E-state index < -0.39 is 11.9 Å². The number of halogens is 4. The van der Waals surface area contributed by atoms with Crippen molar-refractivity contribution in [2.24, 2.45) is 0 Å². The van der Waals surface area contributed by atoms with Gasteiger partial charge in [-0.1, -0.05) is 15.9 Å². The number of ether oxygens (including phenoxy) is 1. The lowest BCUT2D eigenvalue weighted by Crippen LogP contribution is -2.09. The van der Waals surface area contributed by atoms with Crippen molar-refractivity contribution in [3.05, 3.63) is 40.5 Å². The molecule has 2 aromatic rings. The molecule has 19 heavy (non-hydrogen) atoms. The molecule has 0 amide bonds. The van der Waals surface area contributed by atoms with Gasteiger partial charge in [-0.3, -0.25) is 0 Å². The van der Waals surface area contributed by atoms with Crippen molar-refractivity contribution in [1.29, 1.82) is 0 Å². The molecule has 100 valence electrons. The van der Waals surface area contributed by atoms with Crippen LogP contribution in [-0.2, 0) is 6.18 Å². The van der Waals surface area contributed by atoms with E-state index in [1.165, 1.54) is 0 Å². The third-order valence-electron chi connectivity index (χ3n) is 2.12. The van der Waals surface area contributed by atoms with Crippen molar-refractivity contribution in [2.45, 2.75) is 6.18 Å². The molecule has 0 saturated heterocycles. The molecule has 1 heterocycles. The van der Waals surface area contributed by atoms with Gasteiger partial charge in [-0.25, -0.2) is 0 Å². The summed E-state index contributed by atoms with van der Waals surface area (Å²) in [5.41, 5.74) is 4.93. The number of hydrogen-bond donors (Lipinski definition) is 1. The minimum Gasteiger partial charge on any atom is -0.435 e. The number of hydrogen-bond acceptors (Lipinski definition) is 4. The molecule has 0 saturated carbocycles. The van der Waals surface area contributed by atoms with Crippen molar-refractivity contribution in [3.63, 3.8) is 0 Å². The topological polar surface area (TPSA) is 61.0 Å². The molecule has 8 heteroatoms. The van der Waals surface area contributed by atoms with Gasteiger partial charge in [0.2, 0.25) is 5.88 Å². The van der Waals surface area contributed by atoms with Crippen LogP contribution in [0.4, 0.5) is 18.9 Å². The third-order valence-corrected chi connectivity index (χ3v) is 2.61. The fraction of sp³-hybridized carbons (Fsp3) is 0.0909. The normalized spacial score (nSPS) is 11.4. The van der Waals surface area contributed by atoms with Crippen molar-refractivity contribution in [3.8, 4) is 11.6 Å². The molecule has 1 aromatic heterocycles. The van der Waals surface area contributed by atoms with Gasteiger partial charge in [0, 0.05) is 10.5 Å². The Hall–Kier alpha value is -1.83. The first kappa shape index (κ1) is 13.6. The van der Waals surface area contributed by atoms with Gasteiger partial charge in [0.05, 0.1) is 5.69 Å². The van der Waals surface area contributed by atoms with E-state index in [0.29, 0.717) is 5.69 Å². The molecule has 0 aliphatic carbocycles. The standard InChI is InChI=1S/C11H7BrF3N3O/c12-6-1-2-8(7(16)5-6)19-10-4-3-9(17-18-10)11(13,14)15/h1-5H,16H2. The maximum atomic E-state index is 12.3. The van der Waals surface area contributed by atoms with Gasteiger partial charge in [-0.05, 0) is 24.3 Å². The number of aromatic nitrogens is 2. The Balaban J connectivity index is 2.20. The first-order valence-electron chi connectivity index (χ1n) is 5.00. The number of benzene rings is 1. The van der Waals surface area contributed by atoms with Gasteiger partial charge >= 0.3 is 6.18 Å². The summed E-state index contributed by atoms with van der Waals surface area (Å²) in [6, 6.07) is 6.73. The largest absolute Gasteiger partial charge is 0.435 e. The highest BCUT2D eigenvalue weighted by Crippen LogP contribution is 2.30. The predicted octanol–water partition coefficient (Wildman–Crippen LogP) is 3.63. The molecular formula is C11H7BrF3N3O. The van der Waals surface area contributed by atoms with Crippen LogP contribution in [0.15, 0.2) is 34.8 Å². The van der Waals surface area contributed by atoms with Crippen LogP contribution >= 0.6 is 15.9 Å². The third kappa shape index (κ3) is 3.34. The van der Waals surface area contributed by atoms with Gasteiger partial charge in [-0.15, -0.1) is 10.2 Å². The average molecular weight is 334 g/mol. The molecule has 0 aliphatic rings. The van der Waals surface area contributed by atoms with Crippen LogP contribution in [0.1, 0.15) is 5.69 Å². The Labute approximate surface area is 114 Å². The SMILES string of the molecule is Nc1cc(Br)ccc1Oc1ccc(C(F)(F)F)nn1. The van der Waals surface area contributed by atoms with Crippen LogP contribution in [-0.4, -0.2) is 10.2 Å². The monoisotopic (exact) mass is 333 g/mol. The first-order chi connectivity index (χ1) is 8.86. The van der Waals surface area contributed by atoms with Gasteiger partial charge in [0.1, 0.15) is 0 Å². The lowest BCUT2D eigenvalue weighted by atomic mass is 10.3. The number of anilines is 1. The second-order valence-electron chi connectivity index (χ2n) is 3.54. The highest BCUT2D eigenvalue weighted by atomic mass is 79.9. The Morgan fingerprint density at radius 3 is 2.37 bits per heavy atom. The summed E-state index contributed by atoms with van der Waals surface area (Å²) in [6.07, 6.45) is -4.53. The Kier molecular flexibility index (Phi) is 3.61. The summed E-state index contributed by atoms with van der Waals surface area (Å²) in [6.45, 7) is 0. The Morgan fingerprint density at radius 2 is 1.84 bits per heavy atom. The smallest absolute Gasteiger partial charge is 0.435 e. The quantitative estimate of drug-likeness (QED) is 0.852. The summed E-state index contributed by atoms with van der Waals surface area (Å²) in [7, 11) is 0. The molecule has 2 N–H and O–H groups in total. The summed E-state index contributed by atoms with van der Waals surface area (Å²) in [4.78, 5) is 0. The molecule has 2 rings (SSSR count). The van der Waals surface area contributed by atoms with Crippen molar-refractivity contribution in [2.75, 3.05) is 5.73 Å². The predicted molar refractivity (Wildman–Crippen MR) is 65.7 cm³/mol. The van der Waals surface area contributed by atoms with Crippen LogP contribution in [0.2, 0.25) is 0 Å². The second-order valence-corrected chi connectivity index (χ2v) is 4.45. The number of nitrogen functional groups attached to an aromatic ring is 1. The van der Waals surface area contributed by atoms with E-state index in [1.807, 2.05) is 0 Å². The van der Waals surface area contributed by atoms with Gasteiger partial charge in [0.25, 0.3) is 0 Å². The van der Waals surface area contributed by atoms with E-state index in [1.54, 1.807) is 18.2 Å². The number of alkyl halides is 3. The van der Waals surface area contributed by atoms with E-state index >= 15 is 0 Å². The molecule has 0 spiro atoms. The summed E-state index contributed by atoms with van der Waals surface area (Å²) in [5.74, 6) is 0.222. The zero-order valence-corrected chi connectivity index (χ0v) is 10.9. The molecule has 0 aliphatic heterocycles. The van der Waals surface area contributed by atoms with Gasteiger partial charge < -0.3 is 10.5 Å². The van der Waals surface area contributed by atoms with Crippen LogP contribution in [0, 0.1) is 0 Å². The summed E-state index contributed by atoms with van der Waals surface area (Å²) in [5, 5.41) is 6.39. The van der Waals surface area contributed by atoms with Crippen molar-refractivity contribution >= 4 is 21.6 Å². The van der Waals surface area contributed by atoms with E-state index in [9.17, 15) is 13.2 Å². The van der Waals surface area contributed by atoms with E-state index in [-0.39, 0.29) is 11.6 Å². The lowest BCUT2D eigenvalue weighted by Gasteiger charge is -2.08. The molecule has 0 radical (unpaired) electrons. The highest BCUT2D eigenvalue weighted by Gasteiger charge is 2.32. The van der Waals surface area contributed by atoms with Gasteiger partial charge in [0.15, 0.2) is 11.4 Å². The Bertz CT molecular complexity index is 587. The molecule has 1 aromatic carbocycles. The number of nitrogens with two attached hydrogens (primary N) is 1. The van der Waals surface area contributed by atoms with E-state index in [0.717, 1.165) is 16.6 Å². The highest BCUT2D eigenvalue weighted by molar-refractivity contribution is 9.10. The van der Waals surface area contributed by atoms with Crippen LogP contribution in [0.25, 0.3) is 0 Å². The number of nitrogens with zero attached hydrogens (tertiary/aromatic N) is 2. The van der Waals surface area contributed by atoms with Crippen molar-refractivity contribution in [1.82, 2.24) is 10.2 Å². The summed E-state index contributed by atoms with van der Waals surface area (Å²) < 4.78 is 42.9. The average Bonchev–Trinajstić information content (AvgIpc) is 2.32. The zero-order chi connectivity index (χ0) is 14.0. The zero-order valence-electron chi connectivity index (χ0n) is 9.28.